The van der Waals surface area contributed by atoms with Crippen LogP contribution in [0.3, 0.4) is 0 Å². The first-order valence-electron chi connectivity index (χ1n) is 9.24. The van der Waals surface area contributed by atoms with Gasteiger partial charge in [0, 0.05) is 12.7 Å². The van der Waals surface area contributed by atoms with Gasteiger partial charge in [0.2, 0.25) is 0 Å². The van der Waals surface area contributed by atoms with Crippen LogP contribution in [0.5, 0.6) is 5.75 Å². The van der Waals surface area contributed by atoms with Crippen LogP contribution in [0.4, 0.5) is 0 Å². The normalized spacial score (nSPS) is 11.7. The van der Waals surface area contributed by atoms with Crippen molar-refractivity contribution in [2.75, 3.05) is 7.11 Å². The first kappa shape index (κ1) is 20.2. The van der Waals surface area contributed by atoms with E-state index in [-0.39, 0.29) is 24.3 Å². The molecule has 29 heavy (non-hydrogen) atoms. The highest BCUT2D eigenvalue weighted by Crippen LogP contribution is 2.17. The molecule has 1 aromatic carbocycles. The molecule has 0 aliphatic rings. The van der Waals surface area contributed by atoms with Gasteiger partial charge in [-0.1, -0.05) is 0 Å². The molecular formula is C21H23N3O5. The number of amides is 1. The molecule has 1 amide bonds. The number of aromatic nitrogens is 2. The number of aryl methyl sites for hydroxylation is 1. The number of nitrogens with one attached hydrogen (secondary N) is 1. The number of carbonyl (C=O) groups is 2. The van der Waals surface area contributed by atoms with E-state index in [0.29, 0.717) is 17.1 Å². The van der Waals surface area contributed by atoms with Crippen LogP contribution in [0, 0.1) is 0 Å². The summed E-state index contributed by atoms with van der Waals surface area (Å²) in [6, 6.07) is 11.5. The summed E-state index contributed by atoms with van der Waals surface area (Å²) in [5, 5.41) is 7.25. The Morgan fingerprint density at radius 1 is 1.17 bits per heavy atom. The highest BCUT2D eigenvalue weighted by Gasteiger charge is 2.17. The van der Waals surface area contributed by atoms with Crippen LogP contribution in [0.25, 0.3) is 0 Å². The SMILES string of the molecule is CCn1ccc(C(C)NC(=O)c2ccc(COc3ccc(C(=O)OC)cc3)o2)n1. The lowest BCUT2D eigenvalue weighted by molar-refractivity contribution is 0.0600. The van der Waals surface area contributed by atoms with Crippen LogP contribution >= 0.6 is 0 Å². The van der Waals surface area contributed by atoms with Crippen molar-refractivity contribution in [3.63, 3.8) is 0 Å². The first-order chi connectivity index (χ1) is 14.0. The van der Waals surface area contributed by atoms with Crippen molar-refractivity contribution in [3.05, 3.63) is 71.4 Å². The zero-order chi connectivity index (χ0) is 20.8. The molecule has 3 rings (SSSR count). The number of benzene rings is 1. The van der Waals surface area contributed by atoms with Crippen LogP contribution < -0.4 is 10.1 Å². The molecule has 152 valence electrons. The Hall–Kier alpha value is -3.55. The fraction of sp³-hybridized carbons (Fsp3) is 0.286. The highest BCUT2D eigenvalue weighted by molar-refractivity contribution is 5.91. The molecule has 0 aliphatic heterocycles. The number of nitrogens with zero attached hydrogens (tertiary/aromatic N) is 2. The van der Waals surface area contributed by atoms with E-state index in [2.05, 4.69) is 15.2 Å². The third-order valence-electron chi connectivity index (χ3n) is 4.32. The van der Waals surface area contributed by atoms with Gasteiger partial charge in [-0.05, 0) is 56.3 Å². The van der Waals surface area contributed by atoms with Gasteiger partial charge in [0.25, 0.3) is 5.91 Å². The van der Waals surface area contributed by atoms with Crippen LogP contribution in [0.15, 0.2) is 53.1 Å². The van der Waals surface area contributed by atoms with Crippen molar-refractivity contribution in [1.29, 1.82) is 0 Å². The summed E-state index contributed by atoms with van der Waals surface area (Å²) in [6.07, 6.45) is 1.87. The van der Waals surface area contributed by atoms with Gasteiger partial charge in [-0.15, -0.1) is 0 Å². The third kappa shape index (κ3) is 5.04. The standard InChI is InChI=1S/C21H23N3O5/c1-4-24-12-11-18(23-24)14(2)22-20(25)19-10-9-17(29-19)13-28-16-7-5-15(6-8-16)21(26)27-3/h5-12,14H,4,13H2,1-3H3,(H,22,25). The Morgan fingerprint density at radius 3 is 2.59 bits per heavy atom. The van der Waals surface area contributed by atoms with Gasteiger partial charge in [-0.25, -0.2) is 4.79 Å². The average Bonchev–Trinajstić information content (AvgIpc) is 3.41. The van der Waals surface area contributed by atoms with Crippen LogP contribution in [-0.2, 0) is 17.9 Å². The van der Waals surface area contributed by atoms with Crippen LogP contribution in [0.1, 0.15) is 52.3 Å². The maximum Gasteiger partial charge on any atom is 0.337 e. The van der Waals surface area contributed by atoms with Gasteiger partial charge >= 0.3 is 5.97 Å². The second-order valence-electron chi connectivity index (χ2n) is 6.36. The predicted molar refractivity (Wildman–Crippen MR) is 105 cm³/mol. The number of carbonyl (C=O) groups excluding carboxylic acids is 2. The molecule has 8 nitrogen and oxygen atoms in total. The van der Waals surface area contributed by atoms with Crippen molar-refractivity contribution < 1.29 is 23.5 Å². The first-order valence-corrected chi connectivity index (χ1v) is 9.24. The molecule has 0 spiro atoms. The summed E-state index contributed by atoms with van der Waals surface area (Å²) in [5.74, 6) is 0.549. The largest absolute Gasteiger partial charge is 0.486 e. The average molecular weight is 397 g/mol. The van der Waals surface area contributed by atoms with Crippen molar-refractivity contribution in [2.24, 2.45) is 0 Å². The second kappa shape index (κ2) is 9.09. The zero-order valence-electron chi connectivity index (χ0n) is 16.5. The van der Waals surface area contributed by atoms with Gasteiger partial charge in [-0.3, -0.25) is 9.48 Å². The Bertz CT molecular complexity index is 974. The molecule has 0 aliphatic carbocycles. The van der Waals surface area contributed by atoms with Gasteiger partial charge < -0.3 is 19.2 Å². The molecule has 3 aromatic rings. The minimum atomic E-state index is -0.408. The number of ether oxygens (including phenoxy) is 2. The van der Waals surface area contributed by atoms with E-state index in [9.17, 15) is 9.59 Å². The lowest BCUT2D eigenvalue weighted by Gasteiger charge is -2.10. The van der Waals surface area contributed by atoms with E-state index < -0.39 is 5.97 Å². The smallest absolute Gasteiger partial charge is 0.337 e. The van der Waals surface area contributed by atoms with Crippen molar-refractivity contribution in [3.8, 4) is 5.75 Å². The van der Waals surface area contributed by atoms with E-state index in [0.717, 1.165) is 12.2 Å². The third-order valence-corrected chi connectivity index (χ3v) is 4.32. The Balaban J connectivity index is 1.54. The topological polar surface area (TPSA) is 95.6 Å². The summed E-state index contributed by atoms with van der Waals surface area (Å²) in [6.45, 7) is 4.79. The van der Waals surface area contributed by atoms with Gasteiger partial charge in [0.05, 0.1) is 24.4 Å². The number of hydrogen-bond donors (Lipinski definition) is 1. The fourth-order valence-electron chi connectivity index (χ4n) is 2.66. The summed E-state index contributed by atoms with van der Waals surface area (Å²) in [7, 11) is 1.33. The monoisotopic (exact) mass is 397 g/mol. The zero-order valence-corrected chi connectivity index (χ0v) is 16.5. The molecular weight excluding hydrogens is 374 g/mol. The van der Waals surface area contributed by atoms with E-state index in [4.69, 9.17) is 9.15 Å². The second-order valence-corrected chi connectivity index (χ2v) is 6.36. The van der Waals surface area contributed by atoms with Crippen molar-refractivity contribution in [2.45, 2.75) is 33.0 Å². The molecule has 0 bridgehead atoms. The maximum absolute atomic E-state index is 12.4. The molecule has 0 radical (unpaired) electrons. The van der Waals surface area contributed by atoms with Gasteiger partial charge in [-0.2, -0.15) is 5.10 Å². The Labute approximate surface area is 168 Å². The van der Waals surface area contributed by atoms with Gasteiger partial charge in [0.15, 0.2) is 5.76 Å². The summed E-state index contributed by atoms with van der Waals surface area (Å²) in [5.41, 5.74) is 1.22. The maximum atomic E-state index is 12.4. The van der Waals surface area contributed by atoms with E-state index in [1.54, 1.807) is 41.1 Å². The molecule has 0 saturated carbocycles. The van der Waals surface area contributed by atoms with Crippen LogP contribution in [0.2, 0.25) is 0 Å². The van der Waals surface area contributed by atoms with Gasteiger partial charge in [0.1, 0.15) is 18.1 Å². The molecule has 0 fully saturated rings. The number of esters is 1. The predicted octanol–water partition coefficient (Wildman–Crippen LogP) is 3.35. The molecule has 2 aromatic heterocycles. The van der Waals surface area contributed by atoms with Crippen molar-refractivity contribution >= 4 is 11.9 Å². The lowest BCUT2D eigenvalue weighted by Crippen LogP contribution is -2.26. The molecule has 1 N–H and O–H groups in total. The Kier molecular flexibility index (Phi) is 6.33. The number of furan rings is 1. The van der Waals surface area contributed by atoms with E-state index in [1.165, 1.54) is 7.11 Å². The fourth-order valence-corrected chi connectivity index (χ4v) is 2.66. The molecule has 2 heterocycles. The number of methoxy groups -OCH3 is 1. The minimum absolute atomic E-state index is 0.154. The van der Waals surface area contributed by atoms with Crippen LogP contribution in [-0.4, -0.2) is 28.8 Å². The molecule has 1 atom stereocenters. The summed E-state index contributed by atoms with van der Waals surface area (Å²) < 4.78 is 17.7. The molecule has 0 saturated heterocycles. The molecule has 1 unspecified atom stereocenters. The molecule has 8 heteroatoms. The summed E-state index contributed by atoms with van der Waals surface area (Å²) in [4.78, 5) is 23.8. The minimum Gasteiger partial charge on any atom is -0.486 e. The Morgan fingerprint density at radius 2 is 1.93 bits per heavy atom. The highest BCUT2D eigenvalue weighted by atomic mass is 16.5. The quantitative estimate of drug-likeness (QED) is 0.586. The van der Waals surface area contributed by atoms with Crippen molar-refractivity contribution in [1.82, 2.24) is 15.1 Å². The number of rotatable bonds is 8. The summed E-state index contributed by atoms with van der Waals surface area (Å²) >= 11 is 0. The number of hydrogen-bond acceptors (Lipinski definition) is 6. The lowest BCUT2D eigenvalue weighted by atomic mass is 10.2. The van der Waals surface area contributed by atoms with E-state index >= 15 is 0 Å². The van der Waals surface area contributed by atoms with E-state index in [1.807, 2.05) is 26.1 Å².